The Morgan fingerprint density at radius 2 is 2.00 bits per heavy atom. The standard InChI is InChI=1S/C19H19ClF2N6O.HI/c1-23-19(25-10-14-8-15(20)5-6-16(14)29-18(21)22)24-9-12-3-2-4-13(7-12)17-26-11-27-28-17;/h2-8,11,18H,9-10H2,1H3,(H2,23,24,25)(H,26,27,28);1H. The molecule has 1 aromatic heterocycles. The predicted molar refractivity (Wildman–Crippen MR) is 122 cm³/mol. The van der Waals surface area contributed by atoms with Crippen LogP contribution in [0.3, 0.4) is 0 Å². The van der Waals surface area contributed by atoms with E-state index in [4.69, 9.17) is 11.6 Å². The summed E-state index contributed by atoms with van der Waals surface area (Å²) in [7, 11) is 1.62. The van der Waals surface area contributed by atoms with Crippen LogP contribution in [0.15, 0.2) is 53.8 Å². The van der Waals surface area contributed by atoms with Gasteiger partial charge in [0.05, 0.1) is 0 Å². The Bertz CT molecular complexity index is 971. The number of rotatable bonds is 7. The van der Waals surface area contributed by atoms with Gasteiger partial charge in [0.1, 0.15) is 12.1 Å². The number of hydrogen-bond donors (Lipinski definition) is 3. The molecule has 0 bridgehead atoms. The highest BCUT2D eigenvalue weighted by molar-refractivity contribution is 14.0. The molecule has 3 aromatic rings. The number of aromatic nitrogens is 3. The molecular formula is C19H20ClF2IN6O. The van der Waals surface area contributed by atoms with Crippen LogP contribution in [0.25, 0.3) is 11.4 Å². The van der Waals surface area contributed by atoms with Gasteiger partial charge in [-0.05, 0) is 29.8 Å². The van der Waals surface area contributed by atoms with Gasteiger partial charge in [0.2, 0.25) is 0 Å². The topological polar surface area (TPSA) is 87.2 Å². The summed E-state index contributed by atoms with van der Waals surface area (Å²) in [6, 6.07) is 12.3. The zero-order valence-electron chi connectivity index (χ0n) is 15.9. The average Bonchev–Trinajstić information content (AvgIpc) is 3.25. The lowest BCUT2D eigenvalue weighted by Gasteiger charge is -2.15. The summed E-state index contributed by atoms with van der Waals surface area (Å²) in [6.07, 6.45) is 1.45. The van der Waals surface area contributed by atoms with E-state index in [0.717, 1.165) is 11.1 Å². The number of ether oxygens (including phenoxy) is 1. The predicted octanol–water partition coefficient (Wildman–Crippen LogP) is 4.21. The lowest BCUT2D eigenvalue weighted by molar-refractivity contribution is -0.0504. The third-order valence-corrected chi connectivity index (χ3v) is 4.22. The first-order valence-corrected chi connectivity index (χ1v) is 9.05. The second-order valence-electron chi connectivity index (χ2n) is 5.94. The lowest BCUT2D eigenvalue weighted by atomic mass is 10.1. The molecule has 0 spiro atoms. The van der Waals surface area contributed by atoms with Crippen LogP contribution in [0.2, 0.25) is 5.02 Å². The maximum atomic E-state index is 12.6. The minimum atomic E-state index is -2.91. The summed E-state index contributed by atoms with van der Waals surface area (Å²) in [5, 5.41) is 13.3. The number of nitrogens with one attached hydrogen (secondary N) is 3. The molecule has 0 atom stereocenters. The van der Waals surface area contributed by atoms with Crippen LogP contribution in [0.1, 0.15) is 11.1 Å². The number of H-pyrrole nitrogens is 1. The molecule has 0 saturated heterocycles. The number of guanidine groups is 1. The molecule has 0 aliphatic rings. The van der Waals surface area contributed by atoms with E-state index < -0.39 is 6.61 Å². The van der Waals surface area contributed by atoms with E-state index in [1.54, 1.807) is 13.1 Å². The van der Waals surface area contributed by atoms with Crippen molar-refractivity contribution in [3.63, 3.8) is 0 Å². The fourth-order valence-electron chi connectivity index (χ4n) is 2.66. The molecule has 11 heteroatoms. The fourth-order valence-corrected chi connectivity index (χ4v) is 2.85. The third-order valence-electron chi connectivity index (χ3n) is 3.98. The van der Waals surface area contributed by atoms with E-state index in [9.17, 15) is 8.78 Å². The monoisotopic (exact) mass is 548 g/mol. The molecule has 0 unspecified atom stereocenters. The highest BCUT2D eigenvalue weighted by atomic mass is 127. The molecule has 0 saturated carbocycles. The van der Waals surface area contributed by atoms with Crippen LogP contribution in [-0.2, 0) is 13.1 Å². The Balaban J connectivity index is 0.00000320. The second kappa shape index (κ2) is 11.6. The Labute approximate surface area is 194 Å². The molecule has 0 amide bonds. The zero-order valence-corrected chi connectivity index (χ0v) is 19.0. The average molecular weight is 549 g/mol. The molecule has 160 valence electrons. The normalized spacial score (nSPS) is 11.2. The van der Waals surface area contributed by atoms with Gasteiger partial charge in [0.15, 0.2) is 11.8 Å². The SMILES string of the molecule is CN=C(NCc1cccc(-c2ncn[nH]2)c1)NCc1cc(Cl)ccc1OC(F)F.I. The maximum absolute atomic E-state index is 12.6. The Kier molecular flexibility index (Phi) is 9.24. The quantitative estimate of drug-likeness (QED) is 0.234. The van der Waals surface area contributed by atoms with Crippen molar-refractivity contribution in [3.05, 3.63) is 64.9 Å². The van der Waals surface area contributed by atoms with Crippen molar-refractivity contribution in [2.24, 2.45) is 4.99 Å². The Morgan fingerprint density at radius 3 is 2.70 bits per heavy atom. The summed E-state index contributed by atoms with van der Waals surface area (Å²) >= 11 is 5.97. The molecule has 7 nitrogen and oxygen atoms in total. The van der Waals surface area contributed by atoms with Crippen LogP contribution in [-0.4, -0.2) is 34.8 Å². The van der Waals surface area contributed by atoms with Crippen molar-refractivity contribution in [1.82, 2.24) is 25.8 Å². The summed E-state index contributed by atoms with van der Waals surface area (Å²) in [4.78, 5) is 8.29. The fraction of sp³-hybridized carbons (Fsp3) is 0.211. The van der Waals surface area contributed by atoms with Gasteiger partial charge < -0.3 is 15.4 Å². The van der Waals surface area contributed by atoms with E-state index in [1.165, 1.54) is 18.5 Å². The van der Waals surface area contributed by atoms with E-state index in [0.29, 0.717) is 28.9 Å². The molecular weight excluding hydrogens is 529 g/mol. The van der Waals surface area contributed by atoms with Crippen LogP contribution >= 0.6 is 35.6 Å². The van der Waals surface area contributed by atoms with Crippen molar-refractivity contribution >= 4 is 41.5 Å². The van der Waals surface area contributed by atoms with Crippen molar-refractivity contribution in [3.8, 4) is 17.1 Å². The van der Waals surface area contributed by atoms with Gasteiger partial charge in [-0.1, -0.05) is 29.8 Å². The van der Waals surface area contributed by atoms with E-state index in [-0.39, 0.29) is 36.3 Å². The molecule has 2 aromatic carbocycles. The number of aliphatic imine (C=N–C) groups is 1. The molecule has 1 heterocycles. The first kappa shape index (κ1) is 23.8. The molecule has 0 aliphatic carbocycles. The minimum Gasteiger partial charge on any atom is -0.434 e. The van der Waals surface area contributed by atoms with Crippen molar-refractivity contribution in [2.75, 3.05) is 7.05 Å². The number of aromatic amines is 1. The van der Waals surface area contributed by atoms with Gasteiger partial charge in [-0.3, -0.25) is 10.1 Å². The summed E-state index contributed by atoms with van der Waals surface area (Å²) in [5.74, 6) is 1.24. The van der Waals surface area contributed by atoms with Crippen LogP contribution in [0, 0.1) is 0 Å². The highest BCUT2D eigenvalue weighted by Crippen LogP contribution is 2.24. The van der Waals surface area contributed by atoms with Gasteiger partial charge in [-0.15, -0.1) is 24.0 Å². The number of benzene rings is 2. The van der Waals surface area contributed by atoms with Gasteiger partial charge >= 0.3 is 6.61 Å². The first-order chi connectivity index (χ1) is 14.0. The smallest absolute Gasteiger partial charge is 0.387 e. The van der Waals surface area contributed by atoms with E-state index >= 15 is 0 Å². The molecule has 3 rings (SSSR count). The van der Waals surface area contributed by atoms with Crippen molar-refractivity contribution in [2.45, 2.75) is 19.7 Å². The van der Waals surface area contributed by atoms with Crippen molar-refractivity contribution in [1.29, 1.82) is 0 Å². The van der Waals surface area contributed by atoms with Gasteiger partial charge in [0.25, 0.3) is 0 Å². The van der Waals surface area contributed by atoms with Crippen LogP contribution < -0.4 is 15.4 Å². The Morgan fingerprint density at radius 1 is 1.20 bits per heavy atom. The molecule has 3 N–H and O–H groups in total. The molecule has 30 heavy (non-hydrogen) atoms. The van der Waals surface area contributed by atoms with Crippen LogP contribution in [0.5, 0.6) is 5.75 Å². The summed E-state index contributed by atoms with van der Waals surface area (Å²) < 4.78 is 29.7. The molecule has 0 radical (unpaired) electrons. The van der Waals surface area contributed by atoms with Gasteiger partial charge in [-0.2, -0.15) is 13.9 Å². The highest BCUT2D eigenvalue weighted by Gasteiger charge is 2.11. The number of alkyl halides is 2. The number of nitrogens with zero attached hydrogens (tertiary/aromatic N) is 3. The number of halogens is 4. The first-order valence-electron chi connectivity index (χ1n) is 8.67. The summed E-state index contributed by atoms with van der Waals surface area (Å²) in [5.41, 5.74) is 2.41. The van der Waals surface area contributed by atoms with E-state index in [2.05, 4.69) is 35.5 Å². The second-order valence-corrected chi connectivity index (χ2v) is 6.38. The van der Waals surface area contributed by atoms with E-state index in [1.807, 2.05) is 24.3 Å². The lowest BCUT2D eigenvalue weighted by Crippen LogP contribution is -2.36. The van der Waals surface area contributed by atoms with Crippen molar-refractivity contribution < 1.29 is 13.5 Å². The Hall–Kier alpha value is -2.47. The summed E-state index contributed by atoms with van der Waals surface area (Å²) in [6.45, 7) is -2.21. The molecule has 0 aliphatic heterocycles. The third kappa shape index (κ3) is 6.80. The number of hydrogen-bond acceptors (Lipinski definition) is 4. The largest absolute Gasteiger partial charge is 0.434 e. The zero-order chi connectivity index (χ0) is 20.6. The van der Waals surface area contributed by atoms with Crippen LogP contribution in [0.4, 0.5) is 8.78 Å². The maximum Gasteiger partial charge on any atom is 0.387 e. The minimum absolute atomic E-state index is 0. The van der Waals surface area contributed by atoms with Gasteiger partial charge in [0, 0.05) is 36.3 Å². The van der Waals surface area contributed by atoms with Gasteiger partial charge in [-0.25, -0.2) is 4.98 Å². The molecule has 0 fully saturated rings.